The molecule has 2 aromatic rings. The second-order valence-corrected chi connectivity index (χ2v) is 11.0. The molecule has 1 amide bonds. The number of amides is 1. The zero-order valence-electron chi connectivity index (χ0n) is 24.5. The van der Waals surface area contributed by atoms with Crippen LogP contribution in [0.5, 0.6) is 0 Å². The maximum atomic E-state index is 13.5. The maximum Gasteiger partial charge on any atom is 0.253 e. The number of nitrogens with one attached hydrogen (secondary N) is 2. The van der Waals surface area contributed by atoms with Gasteiger partial charge in [0.25, 0.3) is 11.5 Å². The lowest BCUT2D eigenvalue weighted by Crippen LogP contribution is -2.42. The van der Waals surface area contributed by atoms with Crippen LogP contribution in [0.2, 0.25) is 0 Å². The minimum absolute atomic E-state index is 0.158. The summed E-state index contributed by atoms with van der Waals surface area (Å²) in [5.74, 6) is 6.31. The molecule has 1 heterocycles. The van der Waals surface area contributed by atoms with Crippen LogP contribution in [0.25, 0.3) is 0 Å². The predicted molar refractivity (Wildman–Crippen MR) is 157 cm³/mol. The molecule has 0 atom stereocenters. The average molecular weight is 520 g/mol. The standard InChI is InChI=1S/C31H45N5O2/c1-9-36(26-14-12-25(13-15-26)35(7)8)29-19-24(11-10-16-34(5)6)18-27(23(29)4)30(37)32-20-28-21(2)17-22(3)33-31(28)38/h17-19,25-26H,9,12-16,20H2,1-8H3,(H,32,37)(H,33,38)/t25-,26-. The van der Waals surface area contributed by atoms with Crippen LogP contribution >= 0.6 is 0 Å². The Morgan fingerprint density at radius 3 is 2.26 bits per heavy atom. The minimum Gasteiger partial charge on any atom is -0.369 e. The molecule has 2 N–H and O–H groups in total. The van der Waals surface area contributed by atoms with E-state index in [-0.39, 0.29) is 18.0 Å². The van der Waals surface area contributed by atoms with Gasteiger partial charge in [-0.3, -0.25) is 14.5 Å². The summed E-state index contributed by atoms with van der Waals surface area (Å²) in [4.78, 5) is 35.7. The number of hydrogen-bond acceptors (Lipinski definition) is 5. The first-order valence-electron chi connectivity index (χ1n) is 13.7. The van der Waals surface area contributed by atoms with Crippen molar-refractivity contribution in [3.05, 3.63) is 62.1 Å². The number of hydrogen-bond donors (Lipinski definition) is 2. The smallest absolute Gasteiger partial charge is 0.253 e. The fourth-order valence-corrected chi connectivity index (χ4v) is 5.48. The van der Waals surface area contributed by atoms with E-state index in [1.165, 1.54) is 12.8 Å². The molecule has 0 saturated heterocycles. The Morgan fingerprint density at radius 2 is 1.68 bits per heavy atom. The molecule has 0 aliphatic heterocycles. The molecule has 0 radical (unpaired) electrons. The van der Waals surface area contributed by atoms with Gasteiger partial charge in [0.1, 0.15) is 0 Å². The van der Waals surface area contributed by atoms with Crippen molar-refractivity contribution in [2.45, 2.75) is 72.0 Å². The SMILES string of the molecule is CCN(c1cc(C#CCN(C)C)cc(C(=O)NCc2c(C)cc(C)[nH]c2=O)c1C)[C@H]1CC[C@H](N(C)C)CC1. The Morgan fingerprint density at radius 1 is 1.03 bits per heavy atom. The predicted octanol–water partition coefficient (Wildman–Crippen LogP) is 3.84. The number of pyridine rings is 1. The summed E-state index contributed by atoms with van der Waals surface area (Å²) in [5, 5.41) is 3.00. The summed E-state index contributed by atoms with van der Waals surface area (Å²) in [7, 11) is 8.32. The monoisotopic (exact) mass is 519 g/mol. The Kier molecular flexibility index (Phi) is 10.2. The molecule has 0 spiro atoms. The van der Waals surface area contributed by atoms with Crippen molar-refractivity contribution in [1.82, 2.24) is 20.1 Å². The van der Waals surface area contributed by atoms with Gasteiger partial charge in [0.05, 0.1) is 6.54 Å². The lowest BCUT2D eigenvalue weighted by Gasteiger charge is -2.40. The molecular formula is C31H45N5O2. The first-order chi connectivity index (χ1) is 18.0. The number of aromatic nitrogens is 1. The maximum absolute atomic E-state index is 13.5. The first-order valence-corrected chi connectivity index (χ1v) is 13.7. The van der Waals surface area contributed by atoms with Gasteiger partial charge in [0, 0.05) is 53.2 Å². The number of H-pyrrole nitrogens is 1. The van der Waals surface area contributed by atoms with Gasteiger partial charge in [-0.05, 0) is 111 Å². The van der Waals surface area contributed by atoms with Crippen LogP contribution in [0.15, 0.2) is 23.0 Å². The molecule has 7 heteroatoms. The third kappa shape index (κ3) is 7.27. The fourth-order valence-electron chi connectivity index (χ4n) is 5.48. The van der Waals surface area contributed by atoms with Crippen LogP contribution in [-0.4, -0.2) is 74.1 Å². The van der Waals surface area contributed by atoms with E-state index in [4.69, 9.17) is 0 Å². The Balaban J connectivity index is 1.94. The summed E-state index contributed by atoms with van der Waals surface area (Å²) < 4.78 is 0. The van der Waals surface area contributed by atoms with E-state index in [2.05, 4.69) is 59.0 Å². The van der Waals surface area contributed by atoms with Gasteiger partial charge in [-0.15, -0.1) is 0 Å². The second kappa shape index (κ2) is 13.1. The summed E-state index contributed by atoms with van der Waals surface area (Å²) in [6.45, 7) is 9.66. The van der Waals surface area contributed by atoms with E-state index in [9.17, 15) is 9.59 Å². The van der Waals surface area contributed by atoms with Crippen molar-refractivity contribution in [3.63, 3.8) is 0 Å². The zero-order valence-corrected chi connectivity index (χ0v) is 24.5. The second-order valence-electron chi connectivity index (χ2n) is 11.0. The number of aromatic amines is 1. The number of rotatable bonds is 8. The van der Waals surface area contributed by atoms with E-state index in [0.29, 0.717) is 29.8 Å². The van der Waals surface area contributed by atoms with Crippen molar-refractivity contribution in [3.8, 4) is 11.8 Å². The first kappa shape index (κ1) is 29.5. The highest BCUT2D eigenvalue weighted by molar-refractivity contribution is 5.97. The van der Waals surface area contributed by atoms with Crippen LogP contribution in [0.3, 0.4) is 0 Å². The van der Waals surface area contributed by atoms with Crippen molar-refractivity contribution in [2.24, 2.45) is 0 Å². The number of anilines is 1. The van der Waals surface area contributed by atoms with Gasteiger partial charge in [-0.2, -0.15) is 0 Å². The largest absolute Gasteiger partial charge is 0.369 e. The highest BCUT2D eigenvalue weighted by atomic mass is 16.1. The fraction of sp³-hybridized carbons (Fsp3) is 0.548. The lowest BCUT2D eigenvalue weighted by molar-refractivity contribution is 0.0950. The molecule has 1 aliphatic rings. The third-order valence-electron chi connectivity index (χ3n) is 7.66. The van der Waals surface area contributed by atoms with Gasteiger partial charge in [-0.1, -0.05) is 11.8 Å². The highest BCUT2D eigenvalue weighted by Gasteiger charge is 2.28. The van der Waals surface area contributed by atoms with Gasteiger partial charge < -0.3 is 20.1 Å². The lowest BCUT2D eigenvalue weighted by atomic mass is 9.88. The van der Waals surface area contributed by atoms with Gasteiger partial charge in [0.15, 0.2) is 0 Å². The normalized spacial score (nSPS) is 17.3. The van der Waals surface area contributed by atoms with Crippen LogP contribution in [0.1, 0.15) is 70.9 Å². The molecule has 38 heavy (non-hydrogen) atoms. The molecule has 1 aromatic carbocycles. The average Bonchev–Trinajstić information content (AvgIpc) is 2.85. The number of aryl methyl sites for hydroxylation is 2. The number of benzene rings is 1. The van der Waals surface area contributed by atoms with Crippen LogP contribution in [0, 0.1) is 32.6 Å². The van der Waals surface area contributed by atoms with Crippen molar-refractivity contribution in [1.29, 1.82) is 0 Å². The molecule has 1 aromatic heterocycles. The van der Waals surface area contributed by atoms with E-state index in [1.807, 2.05) is 51.9 Å². The molecular weight excluding hydrogens is 474 g/mol. The zero-order chi connectivity index (χ0) is 28.0. The molecule has 3 rings (SSSR count). The molecule has 1 saturated carbocycles. The number of carbonyl (C=O) groups is 1. The van der Waals surface area contributed by atoms with Gasteiger partial charge >= 0.3 is 0 Å². The molecule has 0 unspecified atom stereocenters. The third-order valence-corrected chi connectivity index (χ3v) is 7.66. The summed E-state index contributed by atoms with van der Waals surface area (Å²) >= 11 is 0. The van der Waals surface area contributed by atoms with Crippen molar-refractivity contribution < 1.29 is 4.79 Å². The summed E-state index contributed by atoms with van der Waals surface area (Å²) in [6.07, 6.45) is 4.61. The van der Waals surface area contributed by atoms with E-state index in [0.717, 1.165) is 47.5 Å². The van der Waals surface area contributed by atoms with Gasteiger partial charge in [0.2, 0.25) is 0 Å². The molecule has 206 valence electrons. The Labute approximate surface area is 228 Å². The minimum atomic E-state index is -0.188. The number of carbonyl (C=O) groups excluding carboxylic acids is 1. The van der Waals surface area contributed by atoms with E-state index < -0.39 is 0 Å². The Hall–Kier alpha value is -3.08. The van der Waals surface area contributed by atoms with E-state index in [1.54, 1.807) is 0 Å². The molecule has 1 fully saturated rings. The van der Waals surface area contributed by atoms with Gasteiger partial charge in [-0.25, -0.2) is 0 Å². The highest BCUT2D eigenvalue weighted by Crippen LogP contribution is 2.33. The van der Waals surface area contributed by atoms with Crippen LogP contribution < -0.4 is 15.8 Å². The van der Waals surface area contributed by atoms with Crippen LogP contribution in [-0.2, 0) is 6.54 Å². The van der Waals surface area contributed by atoms with Crippen LogP contribution in [0.4, 0.5) is 5.69 Å². The van der Waals surface area contributed by atoms with Crippen molar-refractivity contribution in [2.75, 3.05) is 46.2 Å². The molecule has 1 aliphatic carbocycles. The van der Waals surface area contributed by atoms with Crippen molar-refractivity contribution >= 4 is 11.6 Å². The topological polar surface area (TPSA) is 71.7 Å². The molecule has 0 bridgehead atoms. The quantitative estimate of drug-likeness (QED) is 0.519. The summed E-state index contributed by atoms with van der Waals surface area (Å²) in [6, 6.07) is 7.02. The Bertz CT molecular complexity index is 1240. The number of nitrogens with zero attached hydrogens (tertiary/aromatic N) is 3. The molecule has 7 nitrogen and oxygen atoms in total. The summed E-state index contributed by atoms with van der Waals surface area (Å²) in [5.41, 5.74) is 5.58. The van der Waals surface area contributed by atoms with E-state index >= 15 is 0 Å².